The van der Waals surface area contributed by atoms with Crippen LogP contribution in [0.25, 0.3) is 11.0 Å². The van der Waals surface area contributed by atoms with E-state index >= 15 is 0 Å². The van der Waals surface area contributed by atoms with E-state index in [1.165, 1.54) is 19.3 Å². The number of halogens is 1. The maximum absolute atomic E-state index is 6.03. The number of rotatable bonds is 1. The first-order valence-corrected chi connectivity index (χ1v) is 6.74. The molecule has 1 aromatic heterocycles. The Kier molecular flexibility index (Phi) is 2.70. The summed E-state index contributed by atoms with van der Waals surface area (Å²) in [6.45, 7) is 2.12. The van der Waals surface area contributed by atoms with E-state index in [-0.39, 0.29) is 0 Å². The number of benzene rings is 1. The minimum absolute atomic E-state index is 0.583. The van der Waals surface area contributed by atoms with Gasteiger partial charge in [-0.3, -0.25) is 0 Å². The molecule has 2 N–H and O–H groups in total. The molecule has 5 heteroatoms. The molecule has 0 amide bonds. The normalized spacial score (nSPS) is 16.6. The molecule has 17 heavy (non-hydrogen) atoms. The monoisotopic (exact) mass is 294 g/mol. The van der Waals surface area contributed by atoms with Crippen LogP contribution in [0.1, 0.15) is 19.3 Å². The van der Waals surface area contributed by atoms with Crippen LogP contribution in [0.3, 0.4) is 0 Å². The van der Waals surface area contributed by atoms with Crippen LogP contribution in [0.2, 0.25) is 0 Å². The lowest BCUT2D eigenvalue weighted by Gasteiger charge is -2.30. The van der Waals surface area contributed by atoms with Gasteiger partial charge >= 0.3 is 0 Å². The first kappa shape index (κ1) is 10.9. The molecule has 2 heterocycles. The standard InChI is InChI=1S/C12H15BrN4/c13-9-4-5-11-10(8-9)15-12(14)17(11)16-6-2-1-3-7-16/h4-5,8H,1-3,6-7H2,(H2,14,15). The zero-order valence-corrected chi connectivity index (χ0v) is 11.2. The van der Waals surface area contributed by atoms with E-state index in [1.54, 1.807) is 0 Å². The SMILES string of the molecule is Nc1nc2cc(Br)ccc2n1N1CCCCC1. The van der Waals surface area contributed by atoms with Crippen LogP contribution >= 0.6 is 15.9 Å². The summed E-state index contributed by atoms with van der Waals surface area (Å²) in [7, 11) is 0. The lowest BCUT2D eigenvalue weighted by Crippen LogP contribution is -2.39. The van der Waals surface area contributed by atoms with E-state index in [9.17, 15) is 0 Å². The number of hydrogen-bond acceptors (Lipinski definition) is 3. The number of hydrogen-bond donors (Lipinski definition) is 1. The summed E-state index contributed by atoms with van der Waals surface area (Å²) < 4.78 is 3.09. The minimum atomic E-state index is 0.583. The average Bonchev–Trinajstić information content (AvgIpc) is 2.65. The van der Waals surface area contributed by atoms with Gasteiger partial charge in [0.15, 0.2) is 0 Å². The van der Waals surface area contributed by atoms with Crippen molar-refractivity contribution in [2.45, 2.75) is 19.3 Å². The number of fused-ring (bicyclic) bond motifs is 1. The molecule has 0 spiro atoms. The first-order valence-electron chi connectivity index (χ1n) is 5.94. The smallest absolute Gasteiger partial charge is 0.220 e. The molecule has 90 valence electrons. The third-order valence-electron chi connectivity index (χ3n) is 3.23. The fourth-order valence-corrected chi connectivity index (χ4v) is 2.78. The Morgan fingerprint density at radius 2 is 1.94 bits per heavy atom. The summed E-state index contributed by atoms with van der Waals surface area (Å²) in [6, 6.07) is 6.10. The van der Waals surface area contributed by atoms with Crippen LogP contribution < -0.4 is 10.7 Å². The molecule has 0 saturated carbocycles. The Labute approximate surface area is 109 Å². The van der Waals surface area contributed by atoms with E-state index in [0.29, 0.717) is 5.95 Å². The summed E-state index contributed by atoms with van der Waals surface area (Å²) >= 11 is 3.46. The fourth-order valence-electron chi connectivity index (χ4n) is 2.43. The highest BCUT2D eigenvalue weighted by atomic mass is 79.9. The van der Waals surface area contributed by atoms with Crippen molar-refractivity contribution < 1.29 is 0 Å². The van der Waals surface area contributed by atoms with Gasteiger partial charge in [-0.15, -0.1) is 0 Å². The van der Waals surface area contributed by atoms with Gasteiger partial charge < -0.3 is 10.7 Å². The molecule has 0 radical (unpaired) electrons. The van der Waals surface area contributed by atoms with Crippen molar-refractivity contribution in [3.05, 3.63) is 22.7 Å². The van der Waals surface area contributed by atoms with Gasteiger partial charge in [-0.1, -0.05) is 15.9 Å². The molecule has 1 saturated heterocycles. The molecule has 0 atom stereocenters. The van der Waals surface area contributed by atoms with Crippen molar-refractivity contribution >= 4 is 32.9 Å². The molecule has 1 aliphatic heterocycles. The van der Waals surface area contributed by atoms with Crippen LogP contribution in [0.5, 0.6) is 0 Å². The highest BCUT2D eigenvalue weighted by molar-refractivity contribution is 9.10. The second-order valence-corrected chi connectivity index (χ2v) is 5.34. The molecule has 1 aliphatic rings. The Morgan fingerprint density at radius 3 is 2.71 bits per heavy atom. The van der Waals surface area contributed by atoms with Crippen LogP contribution in [-0.2, 0) is 0 Å². The van der Waals surface area contributed by atoms with Crippen molar-refractivity contribution in [3.63, 3.8) is 0 Å². The fraction of sp³-hybridized carbons (Fsp3) is 0.417. The highest BCUT2D eigenvalue weighted by Crippen LogP contribution is 2.23. The van der Waals surface area contributed by atoms with Crippen LogP contribution in [0.4, 0.5) is 5.95 Å². The number of nitrogens with zero attached hydrogens (tertiary/aromatic N) is 3. The molecule has 0 bridgehead atoms. The zero-order valence-electron chi connectivity index (χ0n) is 9.56. The van der Waals surface area contributed by atoms with Gasteiger partial charge in [0, 0.05) is 17.6 Å². The van der Waals surface area contributed by atoms with E-state index in [4.69, 9.17) is 5.73 Å². The number of piperidine rings is 1. The Balaban J connectivity index is 2.11. The van der Waals surface area contributed by atoms with E-state index < -0.39 is 0 Å². The second kappa shape index (κ2) is 4.22. The molecule has 3 rings (SSSR count). The summed E-state index contributed by atoms with van der Waals surface area (Å²) in [5.74, 6) is 0.583. The van der Waals surface area contributed by atoms with Crippen LogP contribution in [0.15, 0.2) is 22.7 Å². The average molecular weight is 295 g/mol. The molecule has 1 aromatic carbocycles. The summed E-state index contributed by atoms with van der Waals surface area (Å²) in [5, 5.41) is 2.29. The van der Waals surface area contributed by atoms with E-state index in [1.807, 2.05) is 12.1 Å². The summed E-state index contributed by atoms with van der Waals surface area (Å²) in [4.78, 5) is 4.42. The number of anilines is 1. The van der Waals surface area contributed by atoms with Gasteiger partial charge in [0.25, 0.3) is 0 Å². The molecule has 0 unspecified atom stereocenters. The third-order valence-corrected chi connectivity index (χ3v) is 3.73. The quantitative estimate of drug-likeness (QED) is 0.879. The zero-order chi connectivity index (χ0) is 11.8. The van der Waals surface area contributed by atoms with Crippen molar-refractivity contribution in [3.8, 4) is 0 Å². The second-order valence-electron chi connectivity index (χ2n) is 4.43. The predicted octanol–water partition coefficient (Wildman–Crippen LogP) is 2.50. The molecule has 0 aliphatic carbocycles. The van der Waals surface area contributed by atoms with Gasteiger partial charge in [0.05, 0.1) is 11.0 Å². The molecule has 1 fully saturated rings. The van der Waals surface area contributed by atoms with Crippen molar-refractivity contribution in [2.24, 2.45) is 0 Å². The lowest BCUT2D eigenvalue weighted by molar-refractivity contribution is 0.489. The predicted molar refractivity (Wildman–Crippen MR) is 73.6 cm³/mol. The largest absolute Gasteiger partial charge is 0.368 e. The Hall–Kier alpha value is -1.23. The molecule has 4 nitrogen and oxygen atoms in total. The number of aromatic nitrogens is 2. The Bertz CT molecular complexity index is 543. The number of nitrogen functional groups attached to an aromatic ring is 1. The van der Waals surface area contributed by atoms with Gasteiger partial charge in [-0.2, -0.15) is 0 Å². The first-order chi connectivity index (χ1) is 8.25. The van der Waals surface area contributed by atoms with Gasteiger partial charge in [0.2, 0.25) is 5.95 Å². The topological polar surface area (TPSA) is 47.1 Å². The summed E-state index contributed by atoms with van der Waals surface area (Å²) in [5.41, 5.74) is 8.07. The van der Waals surface area contributed by atoms with E-state index in [2.05, 4.69) is 36.7 Å². The van der Waals surface area contributed by atoms with Crippen molar-refractivity contribution in [1.82, 2.24) is 9.66 Å². The third kappa shape index (κ3) is 1.88. The summed E-state index contributed by atoms with van der Waals surface area (Å²) in [6.07, 6.45) is 3.78. The van der Waals surface area contributed by atoms with Crippen LogP contribution in [-0.4, -0.2) is 22.7 Å². The number of nitrogens with two attached hydrogens (primary N) is 1. The maximum atomic E-state index is 6.03. The molecule has 2 aromatic rings. The Morgan fingerprint density at radius 1 is 1.18 bits per heavy atom. The molecular formula is C12H15BrN4. The lowest BCUT2D eigenvalue weighted by atomic mass is 10.2. The highest BCUT2D eigenvalue weighted by Gasteiger charge is 2.16. The van der Waals surface area contributed by atoms with Gasteiger partial charge in [-0.25, -0.2) is 9.66 Å². The molecular weight excluding hydrogens is 280 g/mol. The van der Waals surface area contributed by atoms with Crippen molar-refractivity contribution in [2.75, 3.05) is 23.8 Å². The van der Waals surface area contributed by atoms with Gasteiger partial charge in [0.1, 0.15) is 0 Å². The minimum Gasteiger partial charge on any atom is -0.368 e. The van der Waals surface area contributed by atoms with Gasteiger partial charge in [-0.05, 0) is 37.5 Å². The van der Waals surface area contributed by atoms with E-state index in [0.717, 1.165) is 28.6 Å². The number of imidazole rings is 1. The van der Waals surface area contributed by atoms with Crippen molar-refractivity contribution in [1.29, 1.82) is 0 Å². The maximum Gasteiger partial charge on any atom is 0.220 e. The van der Waals surface area contributed by atoms with Crippen LogP contribution in [0, 0.1) is 0 Å².